The lowest BCUT2D eigenvalue weighted by molar-refractivity contribution is 0.628. The van der Waals surface area contributed by atoms with Crippen LogP contribution in [0.25, 0.3) is 10.9 Å². The normalized spacial score (nSPS) is 10.5. The maximum absolute atomic E-state index is 13.3. The van der Waals surface area contributed by atoms with Crippen LogP contribution < -0.4 is 11.1 Å². The van der Waals surface area contributed by atoms with Gasteiger partial charge in [-0.05, 0) is 30.3 Å². The smallest absolute Gasteiger partial charge is 0.124 e. The highest BCUT2D eigenvalue weighted by atomic mass is 32.1. The van der Waals surface area contributed by atoms with Gasteiger partial charge in [0.25, 0.3) is 0 Å². The summed E-state index contributed by atoms with van der Waals surface area (Å²) in [6.45, 7) is 0. The van der Waals surface area contributed by atoms with Gasteiger partial charge in [-0.3, -0.25) is 4.98 Å². The molecule has 0 aliphatic carbocycles. The molecule has 2 aromatic carbocycles. The monoisotopic (exact) mass is 297 g/mol. The first kappa shape index (κ1) is 13.5. The number of rotatable bonds is 3. The third-order valence-electron chi connectivity index (χ3n) is 3.12. The van der Waals surface area contributed by atoms with E-state index in [0.29, 0.717) is 11.3 Å². The summed E-state index contributed by atoms with van der Waals surface area (Å²) in [5, 5.41) is 4.19. The van der Waals surface area contributed by atoms with E-state index in [1.807, 2.05) is 30.3 Å². The molecule has 0 saturated heterocycles. The summed E-state index contributed by atoms with van der Waals surface area (Å²) in [7, 11) is 0. The maximum atomic E-state index is 13.3. The molecule has 0 radical (unpaired) electrons. The number of nitrogens with zero attached hydrogens (tertiary/aromatic N) is 1. The number of hydrogen-bond donors (Lipinski definition) is 2. The van der Waals surface area contributed by atoms with Crippen LogP contribution in [0.2, 0.25) is 0 Å². The van der Waals surface area contributed by atoms with Crippen molar-refractivity contribution in [3.8, 4) is 0 Å². The fourth-order valence-corrected chi connectivity index (χ4v) is 2.29. The highest BCUT2D eigenvalue weighted by Crippen LogP contribution is 2.24. The maximum Gasteiger partial charge on any atom is 0.124 e. The van der Waals surface area contributed by atoms with Gasteiger partial charge in [-0.15, -0.1) is 0 Å². The Morgan fingerprint density at radius 2 is 1.95 bits per heavy atom. The van der Waals surface area contributed by atoms with Crippen LogP contribution in [0.15, 0.2) is 54.7 Å². The first-order chi connectivity index (χ1) is 10.1. The van der Waals surface area contributed by atoms with Crippen molar-refractivity contribution in [3.63, 3.8) is 0 Å². The molecule has 0 bridgehead atoms. The van der Waals surface area contributed by atoms with Crippen molar-refractivity contribution >= 4 is 39.5 Å². The molecule has 0 spiro atoms. The number of hydrogen-bond acceptors (Lipinski definition) is 3. The first-order valence-electron chi connectivity index (χ1n) is 6.34. The minimum Gasteiger partial charge on any atom is -0.389 e. The van der Waals surface area contributed by atoms with Gasteiger partial charge in [0, 0.05) is 16.6 Å². The van der Waals surface area contributed by atoms with Crippen molar-refractivity contribution in [1.29, 1.82) is 0 Å². The molecule has 0 aliphatic rings. The molecule has 0 amide bonds. The van der Waals surface area contributed by atoms with E-state index in [9.17, 15) is 4.39 Å². The van der Waals surface area contributed by atoms with Gasteiger partial charge >= 0.3 is 0 Å². The Balaban J connectivity index is 2.00. The van der Waals surface area contributed by atoms with Crippen LogP contribution in [0, 0.1) is 5.82 Å². The van der Waals surface area contributed by atoms with Crippen LogP contribution in [0.4, 0.5) is 15.8 Å². The molecule has 104 valence electrons. The number of nitrogens with one attached hydrogen (secondary N) is 1. The second kappa shape index (κ2) is 5.46. The van der Waals surface area contributed by atoms with Crippen molar-refractivity contribution in [1.82, 2.24) is 4.98 Å². The van der Waals surface area contributed by atoms with Gasteiger partial charge in [0.1, 0.15) is 10.8 Å². The number of benzene rings is 2. The molecule has 5 heteroatoms. The third kappa shape index (κ3) is 2.83. The molecule has 1 heterocycles. The van der Waals surface area contributed by atoms with Crippen molar-refractivity contribution in [3.05, 3.63) is 66.1 Å². The first-order valence-corrected chi connectivity index (χ1v) is 6.75. The zero-order chi connectivity index (χ0) is 14.8. The molecule has 1 aromatic heterocycles. The van der Waals surface area contributed by atoms with Crippen LogP contribution >= 0.6 is 12.2 Å². The molecule has 3 N–H and O–H groups in total. The Morgan fingerprint density at radius 3 is 2.76 bits per heavy atom. The second-order valence-electron chi connectivity index (χ2n) is 4.60. The fourth-order valence-electron chi connectivity index (χ4n) is 2.12. The van der Waals surface area contributed by atoms with E-state index in [1.54, 1.807) is 12.3 Å². The van der Waals surface area contributed by atoms with Gasteiger partial charge in [0.15, 0.2) is 0 Å². The predicted octanol–water partition coefficient (Wildman–Crippen LogP) is 3.75. The van der Waals surface area contributed by atoms with Gasteiger partial charge in [-0.25, -0.2) is 4.39 Å². The van der Waals surface area contributed by atoms with E-state index in [4.69, 9.17) is 18.0 Å². The predicted molar refractivity (Wildman–Crippen MR) is 87.3 cm³/mol. The molecular weight excluding hydrogens is 285 g/mol. The summed E-state index contributed by atoms with van der Waals surface area (Å²) >= 11 is 4.96. The molecule has 0 aliphatic heterocycles. The highest BCUT2D eigenvalue weighted by Gasteiger charge is 2.07. The lowest BCUT2D eigenvalue weighted by Crippen LogP contribution is -2.12. The van der Waals surface area contributed by atoms with E-state index in [-0.39, 0.29) is 10.8 Å². The number of nitrogens with two attached hydrogens (primary N) is 1. The number of anilines is 2. The highest BCUT2D eigenvalue weighted by molar-refractivity contribution is 7.80. The molecule has 3 nitrogen and oxygen atoms in total. The summed E-state index contributed by atoms with van der Waals surface area (Å²) in [4.78, 5) is 4.51. The standard InChI is InChI=1S/C16H12FN3S/c17-11-5-6-15(13(8-11)16(18)21)20-12-7-10-3-1-2-4-14(10)19-9-12/h1-9,20H,(H2,18,21). The third-order valence-corrected chi connectivity index (χ3v) is 3.34. The average molecular weight is 297 g/mol. The lowest BCUT2D eigenvalue weighted by Gasteiger charge is -2.11. The van der Waals surface area contributed by atoms with Crippen molar-refractivity contribution in [2.24, 2.45) is 5.73 Å². The second-order valence-corrected chi connectivity index (χ2v) is 5.04. The van der Waals surface area contributed by atoms with E-state index in [0.717, 1.165) is 16.6 Å². The van der Waals surface area contributed by atoms with E-state index >= 15 is 0 Å². The van der Waals surface area contributed by atoms with Crippen LogP contribution in [-0.4, -0.2) is 9.97 Å². The van der Waals surface area contributed by atoms with E-state index in [1.165, 1.54) is 12.1 Å². The van der Waals surface area contributed by atoms with Gasteiger partial charge in [-0.1, -0.05) is 30.4 Å². The Bertz CT molecular complexity index is 833. The largest absolute Gasteiger partial charge is 0.389 e. The summed E-state index contributed by atoms with van der Waals surface area (Å²) < 4.78 is 13.3. The number of aromatic nitrogens is 1. The zero-order valence-electron chi connectivity index (χ0n) is 11.0. The topological polar surface area (TPSA) is 50.9 Å². The molecule has 0 atom stereocenters. The van der Waals surface area contributed by atoms with Gasteiger partial charge in [0.2, 0.25) is 0 Å². The molecule has 0 fully saturated rings. The summed E-state index contributed by atoms with van der Waals surface area (Å²) in [6, 6.07) is 14.1. The molecule has 21 heavy (non-hydrogen) atoms. The molecular formula is C16H12FN3S. The van der Waals surface area contributed by atoms with Crippen LogP contribution in [-0.2, 0) is 0 Å². The zero-order valence-corrected chi connectivity index (χ0v) is 11.8. The Morgan fingerprint density at radius 1 is 1.14 bits per heavy atom. The SMILES string of the molecule is NC(=S)c1cc(F)ccc1Nc1cnc2ccccc2c1. The number of pyridine rings is 1. The average Bonchev–Trinajstić information content (AvgIpc) is 2.49. The lowest BCUT2D eigenvalue weighted by atomic mass is 10.1. The minimum absolute atomic E-state index is 0.144. The fraction of sp³-hybridized carbons (Fsp3) is 0. The van der Waals surface area contributed by atoms with Crippen LogP contribution in [0.1, 0.15) is 5.56 Å². The summed E-state index contributed by atoms with van der Waals surface area (Å²) in [5.74, 6) is -0.375. The van der Waals surface area contributed by atoms with E-state index in [2.05, 4.69) is 10.3 Å². The van der Waals surface area contributed by atoms with Gasteiger partial charge in [-0.2, -0.15) is 0 Å². The van der Waals surface area contributed by atoms with Crippen LogP contribution in [0.5, 0.6) is 0 Å². The molecule has 0 saturated carbocycles. The van der Waals surface area contributed by atoms with Crippen LogP contribution in [0.3, 0.4) is 0 Å². The number of para-hydroxylation sites is 1. The van der Waals surface area contributed by atoms with Crippen molar-refractivity contribution in [2.75, 3.05) is 5.32 Å². The number of halogens is 1. The Kier molecular flexibility index (Phi) is 3.50. The molecule has 3 rings (SSSR count). The minimum atomic E-state index is -0.375. The molecule has 3 aromatic rings. The number of thiocarbonyl (C=S) groups is 1. The van der Waals surface area contributed by atoms with Gasteiger partial charge in [0.05, 0.1) is 17.4 Å². The van der Waals surface area contributed by atoms with Crippen molar-refractivity contribution < 1.29 is 4.39 Å². The number of fused-ring (bicyclic) bond motifs is 1. The Hall–Kier alpha value is -2.53. The van der Waals surface area contributed by atoms with Crippen molar-refractivity contribution in [2.45, 2.75) is 0 Å². The van der Waals surface area contributed by atoms with Gasteiger partial charge < -0.3 is 11.1 Å². The molecule has 0 unspecified atom stereocenters. The summed E-state index contributed by atoms with van der Waals surface area (Å²) in [6.07, 6.45) is 1.72. The quantitative estimate of drug-likeness (QED) is 0.723. The van der Waals surface area contributed by atoms with E-state index < -0.39 is 0 Å². The Labute approximate surface area is 126 Å². The summed E-state index contributed by atoms with van der Waals surface area (Å²) in [5.41, 5.74) is 8.46.